The van der Waals surface area contributed by atoms with E-state index in [-0.39, 0.29) is 0 Å². The van der Waals surface area contributed by atoms with Gasteiger partial charge >= 0.3 is 30.1 Å². The molecule has 0 amide bonds. The third kappa shape index (κ3) is 3.00. The molecule has 0 aromatic rings. The molecule has 0 unspecified atom stereocenters. The van der Waals surface area contributed by atoms with Crippen molar-refractivity contribution in [3.8, 4) is 0 Å². The Bertz CT molecular complexity index is 282. The van der Waals surface area contributed by atoms with E-state index < -0.39 is 43.0 Å². The summed E-state index contributed by atoms with van der Waals surface area (Å²) in [6, 6.07) is 0. The van der Waals surface area contributed by atoms with Crippen molar-refractivity contribution in [2.24, 2.45) is 0 Å². The highest BCUT2D eigenvalue weighted by molar-refractivity contribution is 4.95. The highest BCUT2D eigenvalue weighted by Gasteiger charge is 2.69. The van der Waals surface area contributed by atoms with Crippen molar-refractivity contribution in [1.82, 2.24) is 0 Å². The minimum atomic E-state index is -6.11. The Morgan fingerprint density at radius 2 is 1.11 bits per heavy atom. The van der Waals surface area contributed by atoms with Crippen molar-refractivity contribution in [1.29, 1.82) is 0 Å². The lowest BCUT2D eigenvalue weighted by molar-refractivity contribution is -0.306. The monoisotopic (exact) mass is 294 g/mol. The molecule has 0 radical (unpaired) electrons. The summed E-state index contributed by atoms with van der Waals surface area (Å²) in [6.45, 7) is 0.511. The van der Waals surface area contributed by atoms with Crippen LogP contribution in [0.4, 0.5) is 43.9 Å². The molecule has 0 heterocycles. The van der Waals surface area contributed by atoms with E-state index in [0.29, 0.717) is 6.92 Å². The van der Waals surface area contributed by atoms with E-state index in [0.717, 1.165) is 0 Å². The van der Waals surface area contributed by atoms with Crippen molar-refractivity contribution < 1.29 is 43.9 Å². The lowest BCUT2D eigenvalue weighted by Gasteiger charge is -2.32. The summed E-state index contributed by atoms with van der Waals surface area (Å²) in [5.41, 5.74) is 0. The third-order valence-corrected chi connectivity index (χ3v) is 2.18. The van der Waals surface area contributed by atoms with Crippen LogP contribution in [0, 0.1) is 0 Å². The van der Waals surface area contributed by atoms with Gasteiger partial charge in [0, 0.05) is 6.42 Å². The first-order valence-electron chi connectivity index (χ1n) is 4.50. The lowest BCUT2D eigenvalue weighted by atomic mass is 9.98. The first kappa shape index (κ1) is 17.3. The summed E-state index contributed by atoms with van der Waals surface area (Å²) in [6.07, 6.45) is -9.91. The van der Waals surface area contributed by atoms with E-state index in [1.165, 1.54) is 0 Å². The van der Waals surface area contributed by atoms with Crippen molar-refractivity contribution in [2.45, 2.75) is 49.9 Å². The van der Waals surface area contributed by atoms with Gasteiger partial charge in [0.1, 0.15) is 0 Å². The number of rotatable bonds is 6. The molecule has 110 valence electrons. The number of alkyl halides is 10. The van der Waals surface area contributed by atoms with Crippen LogP contribution in [0.2, 0.25) is 0 Å². The first-order chi connectivity index (χ1) is 7.71. The second-order valence-corrected chi connectivity index (χ2v) is 3.57. The molecule has 0 N–H and O–H groups in total. The fourth-order valence-electron chi connectivity index (χ4n) is 0.944. The Hall–Kier alpha value is -0.700. The largest absolute Gasteiger partial charge is 0.369 e. The predicted molar refractivity (Wildman–Crippen MR) is 40.7 cm³/mol. The second-order valence-electron chi connectivity index (χ2n) is 3.57. The van der Waals surface area contributed by atoms with Gasteiger partial charge in [-0.3, -0.25) is 0 Å². The maximum Gasteiger partial charge on any atom is 0.369 e. The maximum atomic E-state index is 12.7. The zero-order valence-electron chi connectivity index (χ0n) is 8.77. The molecule has 0 saturated carbocycles. The molecule has 0 aliphatic carbocycles. The molecule has 0 aliphatic heterocycles. The van der Waals surface area contributed by atoms with Gasteiger partial charge in [0.15, 0.2) is 0 Å². The molecule has 10 heteroatoms. The van der Waals surface area contributed by atoms with Crippen LogP contribution in [-0.4, -0.2) is 30.1 Å². The van der Waals surface area contributed by atoms with Gasteiger partial charge in [-0.1, -0.05) is 6.92 Å². The summed E-state index contributed by atoms with van der Waals surface area (Å²) < 4.78 is 123. The van der Waals surface area contributed by atoms with Crippen LogP contribution < -0.4 is 0 Å². The number of halogens is 10. The van der Waals surface area contributed by atoms with E-state index in [1.54, 1.807) is 0 Å². The Morgan fingerprint density at radius 1 is 0.722 bits per heavy atom. The molecular formula is C8H8F10. The molecule has 0 aliphatic rings. The molecule has 0 spiro atoms. The van der Waals surface area contributed by atoms with Crippen molar-refractivity contribution in [3.05, 3.63) is 0 Å². The van der Waals surface area contributed by atoms with Crippen LogP contribution in [0.1, 0.15) is 19.8 Å². The molecule has 18 heavy (non-hydrogen) atoms. The highest BCUT2D eigenvalue weighted by Crippen LogP contribution is 2.49. The van der Waals surface area contributed by atoms with Gasteiger partial charge in [0.2, 0.25) is 0 Å². The minimum Gasteiger partial charge on any atom is -0.203 e. The zero-order chi connectivity index (χ0) is 15.0. The van der Waals surface area contributed by atoms with E-state index >= 15 is 0 Å². The minimum absolute atomic E-state index is 0.511. The van der Waals surface area contributed by atoms with Crippen LogP contribution in [0.15, 0.2) is 0 Å². The average molecular weight is 294 g/mol. The lowest BCUT2D eigenvalue weighted by Crippen LogP contribution is -2.53. The molecule has 0 atom stereocenters. The van der Waals surface area contributed by atoms with Crippen molar-refractivity contribution in [3.63, 3.8) is 0 Å². The Kier molecular flexibility index (Phi) is 4.58. The Morgan fingerprint density at radius 3 is 1.39 bits per heavy atom. The summed E-state index contributed by atoms with van der Waals surface area (Å²) in [4.78, 5) is 0. The fourth-order valence-corrected chi connectivity index (χ4v) is 0.944. The molecule has 0 saturated heterocycles. The Labute approximate surface area is 94.9 Å². The third-order valence-electron chi connectivity index (χ3n) is 2.18. The van der Waals surface area contributed by atoms with E-state index in [4.69, 9.17) is 0 Å². The van der Waals surface area contributed by atoms with E-state index in [9.17, 15) is 43.9 Å². The van der Waals surface area contributed by atoms with Crippen molar-refractivity contribution >= 4 is 0 Å². The van der Waals surface area contributed by atoms with Crippen LogP contribution in [0.3, 0.4) is 0 Å². The SMILES string of the molecule is CCC(F)(F)C(F)(F)CC(F)(F)C(F)(F)C(F)F. The summed E-state index contributed by atoms with van der Waals surface area (Å²) in [7, 11) is 0. The predicted octanol–water partition coefficient (Wildman–Crippen LogP) is 4.59. The van der Waals surface area contributed by atoms with Gasteiger partial charge in [0.05, 0.1) is 6.42 Å². The molecule has 0 fully saturated rings. The standard InChI is InChI=1S/C8H8F10/c1-2-5(11,12)6(13,14)3-7(15,16)8(17,18)4(9)10/h4H,2-3H2,1H3. The number of hydrogen-bond acceptors (Lipinski definition) is 0. The topological polar surface area (TPSA) is 0 Å². The molecule has 0 aromatic carbocycles. The normalized spacial score (nSPS) is 15.3. The smallest absolute Gasteiger partial charge is 0.203 e. The van der Waals surface area contributed by atoms with Gasteiger partial charge in [-0.2, -0.15) is 35.1 Å². The molecule has 0 bridgehead atoms. The first-order valence-corrected chi connectivity index (χ1v) is 4.50. The number of hydrogen-bond donors (Lipinski definition) is 0. The summed E-state index contributed by atoms with van der Waals surface area (Å²) in [5.74, 6) is -22.6. The van der Waals surface area contributed by atoms with Crippen molar-refractivity contribution in [2.75, 3.05) is 0 Å². The quantitative estimate of drug-likeness (QED) is 0.628. The highest BCUT2D eigenvalue weighted by atomic mass is 19.3. The second kappa shape index (κ2) is 4.76. The van der Waals surface area contributed by atoms with Crippen LogP contribution in [-0.2, 0) is 0 Å². The van der Waals surface area contributed by atoms with Crippen LogP contribution in [0.25, 0.3) is 0 Å². The van der Waals surface area contributed by atoms with E-state index in [1.807, 2.05) is 0 Å². The molecule has 0 aromatic heterocycles. The van der Waals surface area contributed by atoms with Gasteiger partial charge in [-0.15, -0.1) is 0 Å². The Balaban J connectivity index is 5.21. The van der Waals surface area contributed by atoms with Gasteiger partial charge in [0.25, 0.3) is 0 Å². The maximum absolute atomic E-state index is 12.7. The summed E-state index contributed by atoms with van der Waals surface area (Å²) in [5, 5.41) is 0. The summed E-state index contributed by atoms with van der Waals surface area (Å²) >= 11 is 0. The van der Waals surface area contributed by atoms with E-state index in [2.05, 4.69) is 0 Å². The average Bonchev–Trinajstić information content (AvgIpc) is 2.15. The molecular weight excluding hydrogens is 286 g/mol. The molecule has 0 rings (SSSR count). The van der Waals surface area contributed by atoms with Crippen LogP contribution >= 0.6 is 0 Å². The van der Waals surface area contributed by atoms with Gasteiger partial charge in [-0.05, 0) is 0 Å². The molecule has 0 nitrogen and oxygen atoms in total. The van der Waals surface area contributed by atoms with Gasteiger partial charge < -0.3 is 0 Å². The zero-order valence-corrected chi connectivity index (χ0v) is 8.77. The van der Waals surface area contributed by atoms with Gasteiger partial charge in [-0.25, -0.2) is 8.78 Å². The fraction of sp³-hybridized carbons (Fsp3) is 1.00. The van der Waals surface area contributed by atoms with Crippen LogP contribution in [0.5, 0.6) is 0 Å².